The molecule has 1 aromatic carbocycles. The van der Waals surface area contributed by atoms with Crippen LogP contribution < -0.4 is 9.62 Å². The summed E-state index contributed by atoms with van der Waals surface area (Å²) in [5.74, 6) is -2.83. The van der Waals surface area contributed by atoms with Crippen molar-refractivity contribution in [1.29, 1.82) is 0 Å². The van der Waals surface area contributed by atoms with E-state index in [1.54, 1.807) is 41.3 Å². The van der Waals surface area contributed by atoms with Gasteiger partial charge in [-0.3, -0.25) is 14.2 Å². The minimum Gasteiger partial charge on any atom is -0.475 e. The third-order valence-electron chi connectivity index (χ3n) is 9.26. The number of pyridine rings is 1. The number of aromatic nitrogens is 6. The zero-order chi connectivity index (χ0) is 36.8. The fourth-order valence-electron chi connectivity index (χ4n) is 6.94. The second kappa shape index (κ2) is 10.9. The summed E-state index contributed by atoms with van der Waals surface area (Å²) in [5, 5.41) is 16.7. The fraction of sp³-hybridized carbons (Fsp3) is 0.387. The fourth-order valence-corrected chi connectivity index (χ4v) is 8.55. The molecule has 5 aromatic rings. The monoisotopic (exact) mass is 687 g/mol. The molecule has 252 valence electrons. The molecule has 4 aromatic heterocycles. The number of carbonyl (C=O) groups excluding carboxylic acids is 1. The van der Waals surface area contributed by atoms with Gasteiger partial charge in [-0.05, 0) is 49.8 Å². The lowest BCUT2D eigenvalue weighted by molar-refractivity contribution is -0.192. The van der Waals surface area contributed by atoms with Crippen LogP contribution >= 0.6 is 0 Å². The molecule has 1 spiro atoms. The second-order valence-corrected chi connectivity index (χ2v) is 14.4. The average Bonchev–Trinajstić information content (AvgIpc) is 3.31. The van der Waals surface area contributed by atoms with Crippen LogP contribution in [-0.2, 0) is 39.1 Å². The van der Waals surface area contributed by atoms with E-state index in [1.165, 1.54) is 0 Å². The van der Waals surface area contributed by atoms with Gasteiger partial charge >= 0.3 is 12.1 Å². The molecule has 0 bridgehead atoms. The number of sulfonamides is 1. The molecular formula is C31H31F3N8O5S. The van der Waals surface area contributed by atoms with E-state index >= 15 is 0 Å². The number of H-pyrrole nitrogens is 1. The molecule has 2 atom stereocenters. The molecule has 2 fully saturated rings. The van der Waals surface area contributed by atoms with E-state index in [-0.39, 0.29) is 17.2 Å². The number of nitrogens with one attached hydrogen (secondary N) is 2. The Kier molecular flexibility index (Phi) is 6.41. The van der Waals surface area contributed by atoms with Gasteiger partial charge in [-0.1, -0.05) is 6.07 Å². The maximum absolute atomic E-state index is 14.1. The van der Waals surface area contributed by atoms with Crippen molar-refractivity contribution in [3.63, 3.8) is 0 Å². The van der Waals surface area contributed by atoms with Crippen LogP contribution in [0.25, 0.3) is 44.3 Å². The second-order valence-electron chi connectivity index (χ2n) is 12.4. The van der Waals surface area contributed by atoms with Crippen molar-refractivity contribution in [1.82, 2.24) is 34.3 Å². The lowest BCUT2D eigenvalue weighted by Gasteiger charge is -2.24. The number of hydrogen-bond acceptors (Lipinski definition) is 7. The highest BCUT2D eigenvalue weighted by atomic mass is 32.2. The zero-order valence-corrected chi connectivity index (χ0v) is 26.4. The topological polar surface area (TPSA) is 168 Å². The summed E-state index contributed by atoms with van der Waals surface area (Å²) in [4.78, 5) is 32.9. The number of carbonyl (C=O) groups is 2. The van der Waals surface area contributed by atoms with Crippen LogP contribution in [0.4, 0.5) is 18.9 Å². The van der Waals surface area contributed by atoms with E-state index in [0.29, 0.717) is 54.3 Å². The molecule has 8 rings (SSSR count). The number of aromatic amines is 1. The normalized spacial score (nSPS) is 22.1. The first-order chi connectivity index (χ1) is 23.8. The predicted molar refractivity (Wildman–Crippen MR) is 169 cm³/mol. The number of alkyl halides is 3. The number of aliphatic carboxylic acids is 1. The van der Waals surface area contributed by atoms with Crippen molar-refractivity contribution in [3.05, 3.63) is 48.5 Å². The van der Waals surface area contributed by atoms with E-state index in [0.717, 1.165) is 38.0 Å². The highest BCUT2D eigenvalue weighted by molar-refractivity contribution is 7.90. The Labute approximate surface area is 276 Å². The maximum atomic E-state index is 14.1. The van der Waals surface area contributed by atoms with Crippen molar-refractivity contribution < 1.29 is 40.4 Å². The molecule has 2 aliphatic carbocycles. The summed E-state index contributed by atoms with van der Waals surface area (Å²) < 4.78 is 86.7. The number of carboxylic acids is 1. The van der Waals surface area contributed by atoms with Gasteiger partial charge in [-0.15, -0.1) is 0 Å². The van der Waals surface area contributed by atoms with Crippen LogP contribution in [0, 0.1) is 0 Å². The van der Waals surface area contributed by atoms with Gasteiger partial charge in [0.1, 0.15) is 5.65 Å². The average molecular weight is 688 g/mol. The molecule has 13 nitrogen and oxygen atoms in total. The van der Waals surface area contributed by atoms with E-state index in [4.69, 9.17) is 19.0 Å². The third kappa shape index (κ3) is 5.11. The Hall–Kier alpha value is -4.77. The Morgan fingerprint density at radius 2 is 1.90 bits per heavy atom. The minimum absolute atomic E-state index is 0.0700. The number of aryl methyl sites for hydroxylation is 2. The number of carboxylic acid groups (broad SMARTS) is 1. The highest BCUT2D eigenvalue weighted by Gasteiger charge is 2.56. The Balaban J connectivity index is 0.000000529. The summed E-state index contributed by atoms with van der Waals surface area (Å²) in [6.45, 7) is -2.42. The minimum atomic E-state index is -5.08. The summed E-state index contributed by atoms with van der Waals surface area (Å²) in [6, 6.07) is 5.16. The number of fused-ring (bicyclic) bond motifs is 5. The maximum Gasteiger partial charge on any atom is 0.490 e. The zero-order valence-electron chi connectivity index (χ0n) is 28.5. The number of halogens is 3. The number of nitrogens with zero attached hydrogens (tertiary/aromatic N) is 6. The van der Waals surface area contributed by atoms with Crippen LogP contribution in [0.1, 0.15) is 41.8 Å². The third-order valence-corrected chi connectivity index (χ3v) is 11.3. The molecule has 3 N–H and O–H groups in total. The number of likely N-dealkylation sites (N-methyl/N-ethyl adjacent to an activating group) is 1. The van der Waals surface area contributed by atoms with Crippen LogP contribution in [0.15, 0.2) is 43.0 Å². The summed E-state index contributed by atoms with van der Waals surface area (Å²) >= 11 is 0. The molecule has 1 aliphatic heterocycles. The van der Waals surface area contributed by atoms with Crippen molar-refractivity contribution in [2.24, 2.45) is 14.0 Å². The molecular weight excluding hydrogens is 653 g/mol. The number of hydrogen-bond donors (Lipinski definition) is 3. The molecule has 1 amide bonds. The molecule has 0 unspecified atom stereocenters. The van der Waals surface area contributed by atoms with E-state index in [2.05, 4.69) is 19.9 Å². The SMILES string of the molecule is O=C(O)C(F)(F)F.[2H]C([2H])([2H])n1ncc2cc(-c3c(-c4cnn(C)c4)[nH]c4ncc5c(c34)[C@]3(CC[C@@H](NS(=O)(=O)C4CC4)C3)C(=O)N5C)ccc21. The molecule has 3 aliphatic rings. The smallest absolute Gasteiger partial charge is 0.475 e. The number of benzene rings is 1. The van der Waals surface area contributed by atoms with E-state index in [9.17, 15) is 26.4 Å². The Morgan fingerprint density at radius 3 is 2.54 bits per heavy atom. The summed E-state index contributed by atoms with van der Waals surface area (Å²) in [7, 11) is 0.151. The lowest BCUT2D eigenvalue weighted by atomic mass is 9.77. The molecule has 17 heteroatoms. The molecule has 2 saturated carbocycles. The quantitative estimate of drug-likeness (QED) is 0.249. The van der Waals surface area contributed by atoms with Gasteiger partial charge in [-0.25, -0.2) is 22.9 Å². The molecule has 0 saturated heterocycles. The van der Waals surface area contributed by atoms with E-state index in [1.807, 2.05) is 25.4 Å². The van der Waals surface area contributed by atoms with Gasteiger partial charge in [0.25, 0.3) is 0 Å². The summed E-state index contributed by atoms with van der Waals surface area (Å²) in [6.07, 6.45) is 4.55. The first-order valence-corrected chi connectivity index (χ1v) is 16.5. The van der Waals surface area contributed by atoms with Crippen LogP contribution in [0.5, 0.6) is 0 Å². The Morgan fingerprint density at radius 1 is 1.15 bits per heavy atom. The summed E-state index contributed by atoms with van der Waals surface area (Å²) in [5.41, 5.74) is 4.87. The Bertz CT molecular complexity index is 2350. The van der Waals surface area contributed by atoms with Gasteiger partial charge in [0.05, 0.1) is 46.2 Å². The van der Waals surface area contributed by atoms with E-state index < -0.39 is 34.6 Å². The van der Waals surface area contributed by atoms with Gasteiger partial charge in [-0.2, -0.15) is 23.4 Å². The predicted octanol–water partition coefficient (Wildman–Crippen LogP) is 4.00. The van der Waals surface area contributed by atoms with Crippen LogP contribution in [-0.4, -0.2) is 79.4 Å². The molecule has 48 heavy (non-hydrogen) atoms. The van der Waals surface area contributed by atoms with Crippen molar-refractivity contribution >= 4 is 49.5 Å². The van der Waals surface area contributed by atoms with Crippen molar-refractivity contribution in [2.75, 3.05) is 11.9 Å². The first kappa shape index (κ1) is 28.3. The number of rotatable bonds is 5. The van der Waals surface area contributed by atoms with Gasteiger partial charge < -0.3 is 15.0 Å². The number of amides is 1. The number of anilines is 1. The van der Waals surface area contributed by atoms with Crippen LogP contribution in [0.3, 0.4) is 0 Å². The standard InChI is InChI=1S/C29H30N8O3S.C2HF3O2/c1-35-15-18(13-31-35)26-23(16-4-7-21-17(10-16)12-32-37(21)3)24-25-22(14-30-27(24)33-26)36(2)28(38)29(25)9-8-19(11-29)34-41(39,40)20-5-6-20;3-2(4,5)1(6)7/h4,7,10,12-15,19-20,34H,5-6,8-9,11H2,1-3H3,(H,30,33);(H,6,7)/t19-,29-;/m1./s1/i3D3;. The van der Waals surface area contributed by atoms with Gasteiger partial charge in [0.15, 0.2) is 0 Å². The van der Waals surface area contributed by atoms with Crippen LogP contribution in [0.2, 0.25) is 0 Å². The van der Waals surface area contributed by atoms with Crippen molar-refractivity contribution in [3.8, 4) is 22.4 Å². The van der Waals surface area contributed by atoms with Crippen molar-refractivity contribution in [2.45, 2.75) is 55.0 Å². The lowest BCUT2D eigenvalue weighted by Crippen LogP contribution is -2.40. The highest BCUT2D eigenvalue weighted by Crippen LogP contribution is 2.55. The molecule has 0 radical (unpaired) electrons. The first-order valence-electron chi connectivity index (χ1n) is 16.4. The molecule has 5 heterocycles. The largest absolute Gasteiger partial charge is 0.490 e. The van der Waals surface area contributed by atoms with Gasteiger partial charge in [0, 0.05) is 64.9 Å². The van der Waals surface area contributed by atoms with Gasteiger partial charge in [0.2, 0.25) is 15.9 Å².